The molecule has 2 aromatic heterocycles. The summed E-state index contributed by atoms with van der Waals surface area (Å²) in [5.41, 5.74) is 3.43. The largest absolute Gasteiger partial charge is 0.492 e. The number of aryl methyl sites for hydroxylation is 1. The number of hydrogen-bond acceptors (Lipinski definition) is 6. The summed E-state index contributed by atoms with van der Waals surface area (Å²) in [5.74, 6) is 0.537. The highest BCUT2D eigenvalue weighted by Gasteiger charge is 2.14. The summed E-state index contributed by atoms with van der Waals surface area (Å²) in [6, 6.07) is 15.3. The summed E-state index contributed by atoms with van der Waals surface area (Å²) >= 11 is 2.61. The number of carbonyl (C=O) groups excluding carboxylic acids is 1. The van der Waals surface area contributed by atoms with Gasteiger partial charge < -0.3 is 15.0 Å². The van der Waals surface area contributed by atoms with Crippen molar-refractivity contribution in [2.24, 2.45) is 0 Å². The molecule has 0 fully saturated rings. The maximum Gasteiger partial charge on any atom is 0.260 e. The second-order valence-corrected chi connectivity index (χ2v) is 8.65. The second kappa shape index (κ2) is 9.36. The van der Waals surface area contributed by atoms with Gasteiger partial charge in [0.1, 0.15) is 10.6 Å². The van der Waals surface area contributed by atoms with E-state index in [4.69, 9.17) is 4.74 Å². The summed E-state index contributed by atoms with van der Waals surface area (Å²) in [5, 5.41) is 5.79. The van der Waals surface area contributed by atoms with Crippen molar-refractivity contribution in [3.8, 4) is 16.9 Å². The van der Waals surface area contributed by atoms with Crippen LogP contribution in [0.3, 0.4) is 0 Å². The SMILES string of the molecule is CCOc1ccccc1NC(=O)CSc1nc2scc(-c3ccc(C)cc3)c2c(=O)[nH]1. The van der Waals surface area contributed by atoms with Gasteiger partial charge in [0.15, 0.2) is 5.16 Å². The molecule has 1 amide bonds. The van der Waals surface area contributed by atoms with Crippen LogP contribution in [0.4, 0.5) is 5.69 Å². The van der Waals surface area contributed by atoms with Gasteiger partial charge in [-0.05, 0) is 31.5 Å². The predicted molar refractivity (Wildman–Crippen MR) is 127 cm³/mol. The minimum atomic E-state index is -0.202. The number of fused-ring (bicyclic) bond motifs is 1. The van der Waals surface area contributed by atoms with Crippen LogP contribution in [0.2, 0.25) is 0 Å². The number of nitrogens with one attached hydrogen (secondary N) is 2. The van der Waals surface area contributed by atoms with Crippen LogP contribution in [0.25, 0.3) is 21.3 Å². The van der Waals surface area contributed by atoms with Crippen molar-refractivity contribution in [1.29, 1.82) is 0 Å². The highest BCUT2D eigenvalue weighted by atomic mass is 32.2. The van der Waals surface area contributed by atoms with Crippen molar-refractivity contribution < 1.29 is 9.53 Å². The Bertz CT molecular complexity index is 1280. The molecule has 0 saturated heterocycles. The number of aromatic nitrogens is 2. The van der Waals surface area contributed by atoms with Gasteiger partial charge in [0.25, 0.3) is 5.56 Å². The molecule has 2 heterocycles. The Hall–Kier alpha value is -3.10. The molecule has 0 bridgehead atoms. The van der Waals surface area contributed by atoms with Crippen LogP contribution in [-0.4, -0.2) is 28.2 Å². The number of thioether (sulfide) groups is 1. The maximum absolute atomic E-state index is 12.8. The van der Waals surface area contributed by atoms with Gasteiger partial charge in [0.2, 0.25) is 5.91 Å². The minimum absolute atomic E-state index is 0.116. The highest BCUT2D eigenvalue weighted by Crippen LogP contribution is 2.31. The average Bonchev–Trinajstić information content (AvgIpc) is 3.19. The number of hydrogen-bond donors (Lipinski definition) is 2. The zero-order valence-electron chi connectivity index (χ0n) is 17.1. The number of rotatable bonds is 7. The third-order valence-electron chi connectivity index (χ3n) is 4.59. The molecule has 0 aliphatic heterocycles. The number of benzene rings is 2. The molecule has 158 valence electrons. The lowest BCUT2D eigenvalue weighted by Crippen LogP contribution is -2.16. The first kappa shape index (κ1) is 21.1. The van der Waals surface area contributed by atoms with Crippen molar-refractivity contribution in [3.63, 3.8) is 0 Å². The zero-order valence-corrected chi connectivity index (χ0v) is 18.7. The van der Waals surface area contributed by atoms with E-state index in [9.17, 15) is 9.59 Å². The van der Waals surface area contributed by atoms with E-state index >= 15 is 0 Å². The fraction of sp³-hybridized carbons (Fsp3) is 0.174. The number of anilines is 1. The van der Waals surface area contributed by atoms with Crippen molar-refractivity contribution in [1.82, 2.24) is 9.97 Å². The first-order chi connectivity index (χ1) is 15.0. The fourth-order valence-electron chi connectivity index (χ4n) is 3.11. The van der Waals surface area contributed by atoms with Crippen LogP contribution in [-0.2, 0) is 4.79 Å². The van der Waals surface area contributed by atoms with E-state index in [0.29, 0.717) is 33.4 Å². The highest BCUT2D eigenvalue weighted by molar-refractivity contribution is 7.99. The van der Waals surface area contributed by atoms with Gasteiger partial charge in [-0.1, -0.05) is 53.7 Å². The first-order valence-corrected chi connectivity index (χ1v) is 11.6. The number of para-hydroxylation sites is 2. The van der Waals surface area contributed by atoms with E-state index in [-0.39, 0.29) is 17.2 Å². The standard InChI is InChI=1S/C23H21N3O3S2/c1-3-29-18-7-5-4-6-17(18)24-19(27)13-31-23-25-21(28)20-16(12-30-22(20)26-23)15-10-8-14(2)9-11-15/h4-12H,3,13H2,1-2H3,(H,24,27)(H,25,26,28). The molecule has 0 unspecified atom stereocenters. The topological polar surface area (TPSA) is 84.1 Å². The number of ether oxygens (including phenoxy) is 1. The Morgan fingerprint density at radius 2 is 1.97 bits per heavy atom. The Labute approximate surface area is 187 Å². The maximum atomic E-state index is 12.8. The van der Waals surface area contributed by atoms with Crippen LogP contribution >= 0.6 is 23.1 Å². The van der Waals surface area contributed by atoms with Gasteiger partial charge in [-0.15, -0.1) is 11.3 Å². The number of amides is 1. The normalized spacial score (nSPS) is 10.9. The first-order valence-electron chi connectivity index (χ1n) is 9.78. The number of aromatic amines is 1. The van der Waals surface area contributed by atoms with E-state index in [1.165, 1.54) is 23.1 Å². The summed E-state index contributed by atoms with van der Waals surface area (Å²) in [7, 11) is 0. The summed E-state index contributed by atoms with van der Waals surface area (Å²) < 4.78 is 5.53. The van der Waals surface area contributed by atoms with Gasteiger partial charge >= 0.3 is 0 Å². The molecule has 0 radical (unpaired) electrons. The van der Waals surface area contributed by atoms with Gasteiger partial charge in [-0.3, -0.25) is 9.59 Å². The molecule has 2 aromatic carbocycles. The Kier molecular flexibility index (Phi) is 6.39. The van der Waals surface area contributed by atoms with Crippen LogP contribution in [0.15, 0.2) is 63.9 Å². The van der Waals surface area contributed by atoms with E-state index in [0.717, 1.165) is 16.7 Å². The zero-order chi connectivity index (χ0) is 21.8. The molecule has 0 saturated carbocycles. The Balaban J connectivity index is 1.49. The van der Waals surface area contributed by atoms with E-state index in [1.54, 1.807) is 6.07 Å². The molecule has 0 aliphatic rings. The Morgan fingerprint density at radius 1 is 1.19 bits per heavy atom. The van der Waals surface area contributed by atoms with Crippen molar-refractivity contribution in [2.75, 3.05) is 17.7 Å². The third-order valence-corrected chi connectivity index (χ3v) is 6.33. The van der Waals surface area contributed by atoms with Gasteiger partial charge in [-0.25, -0.2) is 4.98 Å². The van der Waals surface area contributed by atoms with E-state index in [1.807, 2.05) is 61.7 Å². The molecule has 8 heteroatoms. The Morgan fingerprint density at radius 3 is 2.74 bits per heavy atom. The van der Waals surface area contributed by atoms with Crippen LogP contribution in [0.5, 0.6) is 5.75 Å². The van der Waals surface area contributed by atoms with E-state index < -0.39 is 0 Å². The number of thiophene rings is 1. The van der Waals surface area contributed by atoms with Crippen LogP contribution < -0.4 is 15.6 Å². The van der Waals surface area contributed by atoms with Crippen molar-refractivity contribution in [2.45, 2.75) is 19.0 Å². The van der Waals surface area contributed by atoms with Crippen molar-refractivity contribution in [3.05, 3.63) is 69.8 Å². The predicted octanol–water partition coefficient (Wildman–Crippen LogP) is 5.09. The van der Waals surface area contributed by atoms with E-state index in [2.05, 4.69) is 15.3 Å². The lowest BCUT2D eigenvalue weighted by atomic mass is 10.1. The molecule has 4 rings (SSSR count). The summed E-state index contributed by atoms with van der Waals surface area (Å²) in [6.07, 6.45) is 0. The molecule has 0 spiro atoms. The number of nitrogens with zero attached hydrogens (tertiary/aromatic N) is 1. The summed E-state index contributed by atoms with van der Waals surface area (Å²) in [4.78, 5) is 33.2. The van der Waals surface area contributed by atoms with Gasteiger partial charge in [0, 0.05) is 10.9 Å². The lowest BCUT2D eigenvalue weighted by Gasteiger charge is -2.10. The van der Waals surface area contributed by atoms with Gasteiger partial charge in [-0.2, -0.15) is 0 Å². The number of carbonyl (C=O) groups is 1. The monoisotopic (exact) mass is 451 g/mol. The van der Waals surface area contributed by atoms with Crippen LogP contribution in [0, 0.1) is 6.92 Å². The number of H-pyrrole nitrogens is 1. The molecular weight excluding hydrogens is 430 g/mol. The van der Waals surface area contributed by atoms with Crippen molar-refractivity contribution >= 4 is 44.9 Å². The molecule has 2 N–H and O–H groups in total. The molecule has 0 aliphatic carbocycles. The minimum Gasteiger partial charge on any atom is -0.492 e. The lowest BCUT2D eigenvalue weighted by molar-refractivity contribution is -0.113. The fourth-order valence-corrected chi connectivity index (χ4v) is 4.78. The molecule has 0 atom stereocenters. The summed E-state index contributed by atoms with van der Waals surface area (Å²) in [6.45, 7) is 4.43. The molecule has 6 nitrogen and oxygen atoms in total. The quantitative estimate of drug-likeness (QED) is 0.302. The smallest absolute Gasteiger partial charge is 0.260 e. The van der Waals surface area contributed by atoms with Gasteiger partial charge in [0.05, 0.1) is 23.4 Å². The average molecular weight is 452 g/mol. The molecule has 4 aromatic rings. The molecule has 31 heavy (non-hydrogen) atoms. The second-order valence-electron chi connectivity index (χ2n) is 6.83. The third kappa shape index (κ3) is 4.81. The van der Waals surface area contributed by atoms with Crippen LogP contribution in [0.1, 0.15) is 12.5 Å². The molecular formula is C23H21N3O3S2.